The number of methoxy groups -OCH3 is 2. The van der Waals surface area contributed by atoms with E-state index in [0.717, 1.165) is 23.0 Å². The molecule has 29 heavy (non-hydrogen) atoms. The molecule has 1 atom stereocenters. The summed E-state index contributed by atoms with van der Waals surface area (Å²) >= 11 is 0. The van der Waals surface area contributed by atoms with E-state index in [-0.39, 0.29) is 11.8 Å². The molecular weight excluding hydrogens is 380 g/mol. The Hall–Kier alpha value is -3.04. The van der Waals surface area contributed by atoms with Crippen LogP contribution in [0.4, 0.5) is 26.1 Å². The molecule has 0 radical (unpaired) electrons. The predicted octanol–water partition coefficient (Wildman–Crippen LogP) is 3.67. The van der Waals surface area contributed by atoms with Crippen LogP contribution in [0.5, 0.6) is 0 Å². The van der Waals surface area contributed by atoms with E-state index in [9.17, 15) is 8.78 Å². The van der Waals surface area contributed by atoms with E-state index < -0.39 is 11.6 Å². The van der Waals surface area contributed by atoms with Gasteiger partial charge in [-0.2, -0.15) is 4.98 Å². The molecule has 2 aromatic carbocycles. The minimum atomic E-state index is -0.678. The smallest absolute Gasteiger partial charge is 0.246 e. The van der Waals surface area contributed by atoms with Crippen LogP contribution in [-0.4, -0.2) is 48.2 Å². The number of aryl methyl sites for hydroxylation is 1. The Morgan fingerprint density at radius 2 is 1.76 bits per heavy atom. The molecule has 0 spiro atoms. The first kappa shape index (κ1) is 20.7. The first-order valence-electron chi connectivity index (χ1n) is 8.99. The normalized spacial score (nSPS) is 12.0. The fraction of sp³-hybridized carbons (Fsp3) is 0.300. The molecule has 0 saturated heterocycles. The number of nitrogens with one attached hydrogen (secondary N) is 2. The highest BCUT2D eigenvalue weighted by Crippen LogP contribution is 2.22. The molecule has 1 aromatic heterocycles. The van der Waals surface area contributed by atoms with Crippen LogP contribution in [0, 0.1) is 18.6 Å². The van der Waals surface area contributed by atoms with Gasteiger partial charge in [-0.3, -0.25) is 0 Å². The molecule has 0 amide bonds. The fourth-order valence-electron chi connectivity index (χ4n) is 2.83. The number of benzene rings is 2. The zero-order valence-electron chi connectivity index (χ0n) is 16.4. The van der Waals surface area contributed by atoms with Crippen LogP contribution in [0.1, 0.15) is 5.56 Å². The molecule has 2 N–H and O–H groups in total. The van der Waals surface area contributed by atoms with Gasteiger partial charge in [0, 0.05) is 38.2 Å². The lowest BCUT2D eigenvalue weighted by Crippen LogP contribution is -2.26. The van der Waals surface area contributed by atoms with Gasteiger partial charge in [0.1, 0.15) is 18.0 Å². The topological polar surface area (TPSA) is 73.2 Å². The van der Waals surface area contributed by atoms with Gasteiger partial charge >= 0.3 is 0 Å². The van der Waals surface area contributed by atoms with Crippen LogP contribution in [0.3, 0.4) is 0 Å². The third kappa shape index (κ3) is 5.72. The highest BCUT2D eigenvalue weighted by atomic mass is 19.1. The van der Waals surface area contributed by atoms with Gasteiger partial charge in [0.05, 0.1) is 18.4 Å². The van der Waals surface area contributed by atoms with Crippen molar-refractivity contribution in [2.45, 2.75) is 13.0 Å². The van der Waals surface area contributed by atoms with Gasteiger partial charge in [0.2, 0.25) is 5.95 Å². The summed E-state index contributed by atoms with van der Waals surface area (Å²) in [4.78, 5) is 4.16. The van der Waals surface area contributed by atoms with E-state index in [1.807, 2.05) is 25.1 Å². The van der Waals surface area contributed by atoms with E-state index in [4.69, 9.17) is 9.47 Å². The number of rotatable bonds is 9. The van der Waals surface area contributed by atoms with Crippen LogP contribution in [0.15, 0.2) is 42.7 Å². The minimum Gasteiger partial charge on any atom is -0.382 e. The van der Waals surface area contributed by atoms with Gasteiger partial charge in [-0.25, -0.2) is 13.5 Å². The summed E-state index contributed by atoms with van der Waals surface area (Å²) in [5.74, 6) is -1.05. The third-order valence-electron chi connectivity index (χ3n) is 4.16. The number of hydrogen-bond acceptors (Lipinski definition) is 6. The Morgan fingerprint density at radius 3 is 2.45 bits per heavy atom. The lowest BCUT2D eigenvalue weighted by atomic mass is 10.2. The number of anilines is 3. The third-order valence-corrected chi connectivity index (χ3v) is 4.16. The monoisotopic (exact) mass is 403 g/mol. The van der Waals surface area contributed by atoms with Crippen LogP contribution >= 0.6 is 0 Å². The zero-order chi connectivity index (χ0) is 20.8. The van der Waals surface area contributed by atoms with Gasteiger partial charge in [0.15, 0.2) is 0 Å². The molecule has 0 aliphatic carbocycles. The average Bonchev–Trinajstić information content (AvgIpc) is 3.12. The van der Waals surface area contributed by atoms with E-state index in [0.29, 0.717) is 19.1 Å². The molecule has 0 saturated carbocycles. The Kier molecular flexibility index (Phi) is 6.73. The molecule has 154 valence electrons. The Labute approximate surface area is 167 Å². The summed E-state index contributed by atoms with van der Waals surface area (Å²) in [6.07, 6.45) is 1.32. The number of ether oxygens (including phenoxy) is 2. The Bertz CT molecular complexity index is 944. The summed E-state index contributed by atoms with van der Waals surface area (Å²) in [5, 5.41) is 10.7. The average molecular weight is 403 g/mol. The maximum absolute atomic E-state index is 13.4. The van der Waals surface area contributed by atoms with E-state index >= 15 is 0 Å². The second-order valence-corrected chi connectivity index (χ2v) is 6.55. The Balaban J connectivity index is 1.72. The molecule has 0 bridgehead atoms. The summed E-state index contributed by atoms with van der Waals surface area (Å²) in [5.41, 5.74) is 2.96. The van der Waals surface area contributed by atoms with Gasteiger partial charge < -0.3 is 20.1 Å². The number of halogens is 2. The van der Waals surface area contributed by atoms with Crippen molar-refractivity contribution in [1.29, 1.82) is 0 Å². The fourth-order valence-corrected chi connectivity index (χ4v) is 2.83. The quantitative estimate of drug-likeness (QED) is 0.568. The number of aromatic nitrogens is 3. The van der Waals surface area contributed by atoms with E-state index in [1.54, 1.807) is 14.2 Å². The molecule has 3 aromatic rings. The second kappa shape index (κ2) is 9.44. The SMILES string of the molecule is COCC(CNc1cc(C)cc(Nc2ncn(-c3cc(F)cc(F)c3)n2)c1)OC. The van der Waals surface area contributed by atoms with Gasteiger partial charge in [-0.1, -0.05) is 0 Å². The van der Waals surface area contributed by atoms with Crippen molar-refractivity contribution in [2.75, 3.05) is 38.0 Å². The largest absolute Gasteiger partial charge is 0.382 e. The highest BCUT2D eigenvalue weighted by Gasteiger charge is 2.09. The molecule has 0 aliphatic heterocycles. The van der Waals surface area contributed by atoms with Gasteiger partial charge in [0.25, 0.3) is 0 Å². The van der Waals surface area contributed by atoms with E-state index in [1.165, 1.54) is 23.1 Å². The van der Waals surface area contributed by atoms with Gasteiger partial charge in [-0.05, 0) is 42.8 Å². The molecule has 1 unspecified atom stereocenters. The first-order valence-corrected chi connectivity index (χ1v) is 8.99. The molecule has 9 heteroatoms. The van der Waals surface area contributed by atoms with Crippen molar-refractivity contribution in [3.63, 3.8) is 0 Å². The van der Waals surface area contributed by atoms with Crippen molar-refractivity contribution in [3.05, 3.63) is 59.9 Å². The summed E-state index contributed by atoms with van der Waals surface area (Å²) in [6.45, 7) is 3.05. The molecule has 3 rings (SSSR count). The molecule has 7 nitrogen and oxygen atoms in total. The maximum Gasteiger partial charge on any atom is 0.246 e. The molecule has 0 fully saturated rings. The summed E-state index contributed by atoms with van der Waals surface area (Å²) in [6, 6.07) is 9.03. The maximum atomic E-state index is 13.4. The number of hydrogen-bond donors (Lipinski definition) is 2. The molecule has 1 heterocycles. The van der Waals surface area contributed by atoms with Crippen LogP contribution < -0.4 is 10.6 Å². The minimum absolute atomic E-state index is 0.0686. The molecule has 0 aliphatic rings. The van der Waals surface area contributed by atoms with Crippen LogP contribution in [0.25, 0.3) is 5.69 Å². The van der Waals surface area contributed by atoms with Crippen molar-refractivity contribution in [1.82, 2.24) is 14.8 Å². The van der Waals surface area contributed by atoms with Crippen LogP contribution in [-0.2, 0) is 9.47 Å². The van der Waals surface area contributed by atoms with Crippen molar-refractivity contribution in [3.8, 4) is 5.69 Å². The lowest BCUT2D eigenvalue weighted by molar-refractivity contribution is 0.0365. The predicted molar refractivity (Wildman–Crippen MR) is 107 cm³/mol. The highest BCUT2D eigenvalue weighted by molar-refractivity contribution is 5.63. The first-order chi connectivity index (χ1) is 14.0. The number of nitrogens with zero attached hydrogens (tertiary/aromatic N) is 3. The standard InChI is InChI=1S/C20H23F2N5O2/c1-13-4-16(23-10-19(29-3)11-28-2)9-17(5-13)25-20-24-12-27(26-20)18-7-14(21)6-15(22)8-18/h4-9,12,19,23H,10-11H2,1-3H3,(H,25,26). The Morgan fingerprint density at radius 1 is 1.03 bits per heavy atom. The summed E-state index contributed by atoms with van der Waals surface area (Å²) < 4.78 is 38.6. The summed E-state index contributed by atoms with van der Waals surface area (Å²) in [7, 11) is 3.27. The molecular formula is C20H23F2N5O2. The van der Waals surface area contributed by atoms with Crippen molar-refractivity contribution < 1.29 is 18.3 Å². The zero-order valence-corrected chi connectivity index (χ0v) is 16.4. The van der Waals surface area contributed by atoms with Crippen LogP contribution in [0.2, 0.25) is 0 Å². The second-order valence-electron chi connectivity index (χ2n) is 6.55. The van der Waals surface area contributed by atoms with Gasteiger partial charge in [-0.15, -0.1) is 5.10 Å². The lowest BCUT2D eigenvalue weighted by Gasteiger charge is -2.16. The van der Waals surface area contributed by atoms with Crippen molar-refractivity contribution >= 4 is 17.3 Å². The van der Waals surface area contributed by atoms with E-state index in [2.05, 4.69) is 20.7 Å². The van der Waals surface area contributed by atoms with Crippen molar-refractivity contribution in [2.24, 2.45) is 0 Å².